The smallest absolute Gasteiger partial charge is 0.294 e. The van der Waals surface area contributed by atoms with E-state index < -0.39 is 0 Å². The predicted molar refractivity (Wildman–Crippen MR) is 94.5 cm³/mol. The van der Waals surface area contributed by atoms with Crippen LogP contribution in [0.3, 0.4) is 0 Å². The van der Waals surface area contributed by atoms with E-state index in [9.17, 15) is 4.79 Å². The van der Waals surface area contributed by atoms with Gasteiger partial charge in [0.1, 0.15) is 15.8 Å². The predicted octanol–water partition coefficient (Wildman–Crippen LogP) is 4.16. The lowest BCUT2D eigenvalue weighted by Crippen LogP contribution is -2.25. The molecule has 0 unspecified atom stereocenters. The number of rotatable bonds is 4. The molecular weight excluding hydrogens is 354 g/mol. The third-order valence-corrected chi connectivity index (χ3v) is 4.98. The number of aromatic nitrogens is 2. The summed E-state index contributed by atoms with van der Waals surface area (Å²) in [4.78, 5) is 22.3. The molecule has 0 saturated heterocycles. The van der Waals surface area contributed by atoms with Gasteiger partial charge in [0.15, 0.2) is 10.9 Å². The van der Waals surface area contributed by atoms with E-state index in [1.165, 1.54) is 16.2 Å². The molecule has 0 N–H and O–H groups in total. The summed E-state index contributed by atoms with van der Waals surface area (Å²) in [6.07, 6.45) is 3.39. The quantitative estimate of drug-likeness (QED) is 0.705. The minimum atomic E-state index is -0.290. The number of amides is 1. The summed E-state index contributed by atoms with van der Waals surface area (Å²) >= 11 is 11.6. The molecule has 3 rings (SSSR count). The molecule has 3 aromatic heterocycles. The third kappa shape index (κ3) is 3.26. The molecule has 8 heteroatoms. The van der Waals surface area contributed by atoms with Crippen LogP contribution in [0.25, 0.3) is 10.6 Å². The van der Waals surface area contributed by atoms with Crippen LogP contribution >= 0.6 is 35.6 Å². The number of furan rings is 1. The minimum absolute atomic E-state index is 0.240. The second-order valence-corrected chi connectivity index (χ2v) is 6.30. The highest BCUT2D eigenvalue weighted by molar-refractivity contribution is 7.79. The van der Waals surface area contributed by atoms with Crippen molar-refractivity contribution < 1.29 is 9.21 Å². The van der Waals surface area contributed by atoms with Gasteiger partial charge in [-0.1, -0.05) is 22.9 Å². The Bertz CT molecular complexity index is 832. The van der Waals surface area contributed by atoms with Crippen LogP contribution in [0.15, 0.2) is 41.1 Å². The van der Waals surface area contributed by atoms with E-state index in [1.54, 1.807) is 31.6 Å². The van der Waals surface area contributed by atoms with Gasteiger partial charge >= 0.3 is 0 Å². The Hall–Kier alpha value is -1.83. The SMILES string of the molecule is CN(C(=O)c1ccc(CS)o1)c1sc(-c2cccnc2)nc1Cl. The largest absolute Gasteiger partial charge is 0.455 e. The summed E-state index contributed by atoms with van der Waals surface area (Å²) in [5, 5.41) is 1.53. The van der Waals surface area contributed by atoms with E-state index in [-0.39, 0.29) is 16.8 Å². The monoisotopic (exact) mass is 365 g/mol. The Labute approximate surface area is 147 Å². The fourth-order valence-corrected chi connectivity index (χ4v) is 3.40. The zero-order valence-corrected chi connectivity index (χ0v) is 14.5. The van der Waals surface area contributed by atoms with Crippen molar-refractivity contribution in [3.8, 4) is 10.6 Å². The van der Waals surface area contributed by atoms with Crippen molar-refractivity contribution in [2.75, 3.05) is 11.9 Å². The van der Waals surface area contributed by atoms with Crippen molar-refractivity contribution >= 4 is 46.5 Å². The Morgan fingerprint density at radius 3 is 2.91 bits per heavy atom. The first-order valence-corrected chi connectivity index (χ1v) is 8.47. The van der Waals surface area contributed by atoms with Crippen LogP contribution < -0.4 is 4.90 Å². The maximum atomic E-state index is 12.5. The van der Waals surface area contributed by atoms with E-state index in [0.29, 0.717) is 21.5 Å². The Morgan fingerprint density at radius 1 is 1.43 bits per heavy atom. The fourth-order valence-electron chi connectivity index (χ4n) is 1.95. The highest BCUT2D eigenvalue weighted by atomic mass is 35.5. The molecular formula is C15H12ClN3O2S2. The molecule has 5 nitrogen and oxygen atoms in total. The molecule has 0 aliphatic carbocycles. The van der Waals surface area contributed by atoms with Crippen LogP contribution in [0.1, 0.15) is 16.3 Å². The molecule has 0 aliphatic rings. The van der Waals surface area contributed by atoms with Gasteiger partial charge in [-0.2, -0.15) is 12.6 Å². The van der Waals surface area contributed by atoms with E-state index >= 15 is 0 Å². The van der Waals surface area contributed by atoms with E-state index in [2.05, 4.69) is 22.6 Å². The van der Waals surface area contributed by atoms with Gasteiger partial charge in [-0.25, -0.2) is 4.98 Å². The van der Waals surface area contributed by atoms with Gasteiger partial charge in [-0.3, -0.25) is 14.7 Å². The third-order valence-electron chi connectivity index (χ3n) is 3.12. The average Bonchev–Trinajstić information content (AvgIpc) is 3.21. The number of hydrogen-bond acceptors (Lipinski definition) is 6. The van der Waals surface area contributed by atoms with E-state index in [1.807, 2.05) is 12.1 Å². The number of hydrogen-bond donors (Lipinski definition) is 1. The summed E-state index contributed by atoms with van der Waals surface area (Å²) in [6.45, 7) is 0. The highest BCUT2D eigenvalue weighted by Crippen LogP contribution is 2.37. The molecule has 0 atom stereocenters. The van der Waals surface area contributed by atoms with Crippen LogP contribution in [0.5, 0.6) is 0 Å². The maximum Gasteiger partial charge on any atom is 0.294 e. The number of pyridine rings is 1. The minimum Gasteiger partial charge on any atom is -0.455 e. The molecule has 118 valence electrons. The first-order chi connectivity index (χ1) is 11.1. The maximum absolute atomic E-state index is 12.5. The van der Waals surface area contributed by atoms with Gasteiger partial charge in [0.2, 0.25) is 0 Å². The lowest BCUT2D eigenvalue weighted by molar-refractivity contribution is 0.0965. The molecule has 0 spiro atoms. The van der Waals surface area contributed by atoms with Crippen LogP contribution in [0.4, 0.5) is 5.00 Å². The Kier molecular flexibility index (Phi) is 4.70. The normalized spacial score (nSPS) is 10.7. The summed E-state index contributed by atoms with van der Waals surface area (Å²) in [5.74, 6) is 1.02. The van der Waals surface area contributed by atoms with Crippen molar-refractivity contribution in [2.45, 2.75) is 5.75 Å². The molecule has 0 radical (unpaired) electrons. The Balaban J connectivity index is 1.89. The van der Waals surface area contributed by atoms with Crippen molar-refractivity contribution in [1.82, 2.24) is 9.97 Å². The molecule has 0 aromatic carbocycles. The van der Waals surface area contributed by atoms with E-state index in [0.717, 1.165) is 5.56 Å². The van der Waals surface area contributed by atoms with Gasteiger partial charge in [-0.05, 0) is 24.3 Å². The van der Waals surface area contributed by atoms with E-state index in [4.69, 9.17) is 16.0 Å². The standard InChI is InChI=1S/C15H12ClN3O2S2/c1-19(14(20)11-5-4-10(8-22)21-11)15-12(16)18-13(23-15)9-3-2-6-17-7-9/h2-7,22H,8H2,1H3. The first kappa shape index (κ1) is 16.0. The molecule has 3 heterocycles. The van der Waals surface area contributed by atoms with Crippen LogP contribution in [-0.2, 0) is 5.75 Å². The number of anilines is 1. The van der Waals surface area contributed by atoms with Gasteiger partial charge in [-0.15, -0.1) is 0 Å². The Morgan fingerprint density at radius 2 is 2.26 bits per heavy atom. The molecule has 3 aromatic rings. The topological polar surface area (TPSA) is 59.2 Å². The van der Waals surface area contributed by atoms with Crippen molar-refractivity contribution in [1.29, 1.82) is 0 Å². The molecule has 1 amide bonds. The lowest BCUT2D eigenvalue weighted by Gasteiger charge is -2.13. The second-order valence-electron chi connectivity index (χ2n) is 4.64. The molecule has 0 bridgehead atoms. The summed E-state index contributed by atoms with van der Waals surface area (Å²) in [7, 11) is 1.64. The number of thiol groups is 1. The number of carbonyl (C=O) groups excluding carboxylic acids is 1. The average molecular weight is 366 g/mol. The molecule has 0 aliphatic heterocycles. The van der Waals surface area contributed by atoms with Crippen molar-refractivity contribution in [2.24, 2.45) is 0 Å². The van der Waals surface area contributed by atoms with Crippen LogP contribution in [0, 0.1) is 0 Å². The van der Waals surface area contributed by atoms with Gasteiger partial charge < -0.3 is 4.42 Å². The van der Waals surface area contributed by atoms with Gasteiger partial charge in [0.25, 0.3) is 5.91 Å². The molecule has 0 fully saturated rings. The van der Waals surface area contributed by atoms with Crippen LogP contribution in [-0.4, -0.2) is 22.9 Å². The first-order valence-electron chi connectivity index (χ1n) is 6.64. The molecule has 0 saturated carbocycles. The van der Waals surface area contributed by atoms with Crippen molar-refractivity contribution in [3.63, 3.8) is 0 Å². The summed E-state index contributed by atoms with van der Waals surface area (Å²) < 4.78 is 5.43. The summed E-state index contributed by atoms with van der Waals surface area (Å²) in [5.41, 5.74) is 0.849. The number of halogens is 1. The van der Waals surface area contributed by atoms with Crippen molar-refractivity contribution in [3.05, 3.63) is 53.3 Å². The zero-order chi connectivity index (χ0) is 16.4. The fraction of sp³-hybridized carbons (Fsp3) is 0.133. The van der Waals surface area contributed by atoms with Gasteiger partial charge in [0, 0.05) is 30.8 Å². The number of nitrogens with zero attached hydrogens (tertiary/aromatic N) is 3. The van der Waals surface area contributed by atoms with Crippen LogP contribution in [0.2, 0.25) is 5.15 Å². The summed E-state index contributed by atoms with van der Waals surface area (Å²) in [6, 6.07) is 7.06. The number of thiazole rings is 1. The molecule has 23 heavy (non-hydrogen) atoms. The number of carbonyl (C=O) groups is 1. The lowest BCUT2D eigenvalue weighted by atomic mass is 10.3. The second kappa shape index (κ2) is 6.74. The van der Waals surface area contributed by atoms with Gasteiger partial charge in [0.05, 0.1) is 0 Å². The highest BCUT2D eigenvalue weighted by Gasteiger charge is 2.23. The zero-order valence-electron chi connectivity index (χ0n) is 12.1.